The van der Waals surface area contributed by atoms with Crippen LogP contribution in [-0.4, -0.2) is 59.2 Å². The summed E-state index contributed by atoms with van der Waals surface area (Å²) < 4.78 is 5.57. The van der Waals surface area contributed by atoms with E-state index in [9.17, 15) is 9.59 Å². The molecule has 0 N–H and O–H groups in total. The number of amides is 2. The second-order valence-electron chi connectivity index (χ2n) is 11.0. The van der Waals surface area contributed by atoms with Gasteiger partial charge in [-0.25, -0.2) is 0 Å². The number of benzene rings is 2. The molecule has 2 amide bonds. The first kappa shape index (κ1) is 21.3. The number of rotatable bonds is 5. The fraction of sp³-hybridized carbons (Fsp3) is 0.483. The molecule has 0 aromatic heterocycles. The number of ether oxygens (including phenoxy) is 1. The Morgan fingerprint density at radius 1 is 1.00 bits per heavy atom. The Bertz CT molecular complexity index is 1230. The SMILES string of the molecule is O=C(C1CC1)N1CC[C@@H](CN2C(=O)C3(CC3)N=C2c2ccc(-c3ccc4c(c3)CCOC4)cc2)C1. The van der Waals surface area contributed by atoms with Crippen LogP contribution in [-0.2, 0) is 27.4 Å². The minimum atomic E-state index is -0.517. The van der Waals surface area contributed by atoms with Crippen LogP contribution in [0, 0.1) is 11.8 Å². The van der Waals surface area contributed by atoms with Crippen LogP contribution in [0.15, 0.2) is 47.5 Å². The van der Waals surface area contributed by atoms with E-state index in [4.69, 9.17) is 9.73 Å². The fourth-order valence-electron chi connectivity index (χ4n) is 5.88. The van der Waals surface area contributed by atoms with E-state index in [1.807, 2.05) is 9.80 Å². The van der Waals surface area contributed by atoms with Crippen molar-refractivity contribution in [2.45, 2.75) is 50.7 Å². The highest BCUT2D eigenvalue weighted by Crippen LogP contribution is 2.46. The first-order valence-corrected chi connectivity index (χ1v) is 13.1. The van der Waals surface area contributed by atoms with Gasteiger partial charge in [-0.2, -0.15) is 0 Å². The zero-order chi connectivity index (χ0) is 23.6. The third kappa shape index (κ3) is 3.79. The van der Waals surface area contributed by atoms with Gasteiger partial charge < -0.3 is 9.64 Å². The first-order chi connectivity index (χ1) is 17.1. The second-order valence-corrected chi connectivity index (χ2v) is 11.0. The summed E-state index contributed by atoms with van der Waals surface area (Å²) >= 11 is 0. The average molecular weight is 470 g/mol. The number of carbonyl (C=O) groups is 2. The molecule has 1 saturated heterocycles. The Balaban J connectivity index is 1.10. The van der Waals surface area contributed by atoms with Crippen LogP contribution < -0.4 is 0 Å². The number of likely N-dealkylation sites (tertiary alicyclic amines) is 1. The van der Waals surface area contributed by atoms with Gasteiger partial charge in [0.25, 0.3) is 5.91 Å². The van der Waals surface area contributed by atoms with E-state index in [1.165, 1.54) is 22.3 Å². The van der Waals surface area contributed by atoms with Gasteiger partial charge in [0.15, 0.2) is 0 Å². The van der Waals surface area contributed by atoms with Gasteiger partial charge in [0, 0.05) is 31.1 Å². The molecule has 0 unspecified atom stereocenters. The molecule has 3 fully saturated rings. The number of fused-ring (bicyclic) bond motifs is 1. The number of aliphatic imine (C=N–C) groups is 1. The largest absolute Gasteiger partial charge is 0.376 e. The highest BCUT2D eigenvalue weighted by molar-refractivity contribution is 6.16. The van der Waals surface area contributed by atoms with Crippen molar-refractivity contribution in [2.75, 3.05) is 26.2 Å². The van der Waals surface area contributed by atoms with Gasteiger partial charge >= 0.3 is 0 Å². The minimum Gasteiger partial charge on any atom is -0.376 e. The van der Waals surface area contributed by atoms with Gasteiger partial charge in [0.1, 0.15) is 11.4 Å². The maximum atomic E-state index is 13.3. The lowest BCUT2D eigenvalue weighted by Gasteiger charge is -2.23. The van der Waals surface area contributed by atoms with Crippen molar-refractivity contribution in [3.05, 3.63) is 59.2 Å². The van der Waals surface area contributed by atoms with Gasteiger partial charge in [-0.05, 0) is 66.7 Å². The second kappa shape index (κ2) is 8.02. The van der Waals surface area contributed by atoms with E-state index in [-0.39, 0.29) is 11.8 Å². The number of hydrogen-bond acceptors (Lipinski definition) is 4. The van der Waals surface area contributed by atoms with Crippen LogP contribution in [0.5, 0.6) is 0 Å². The highest BCUT2D eigenvalue weighted by Gasteiger charge is 2.57. The molecule has 6 heteroatoms. The van der Waals surface area contributed by atoms with E-state index >= 15 is 0 Å². The number of carbonyl (C=O) groups excluding carboxylic acids is 2. The quantitative estimate of drug-likeness (QED) is 0.669. The fourth-order valence-corrected chi connectivity index (χ4v) is 5.88. The minimum absolute atomic E-state index is 0.153. The molecule has 2 aromatic rings. The topological polar surface area (TPSA) is 62.2 Å². The molecule has 180 valence electrons. The molecule has 7 rings (SSSR count). The van der Waals surface area contributed by atoms with Crippen molar-refractivity contribution in [1.82, 2.24) is 9.80 Å². The third-order valence-electron chi connectivity index (χ3n) is 8.36. The molecule has 5 aliphatic rings. The van der Waals surface area contributed by atoms with Crippen molar-refractivity contribution < 1.29 is 14.3 Å². The molecule has 2 aromatic carbocycles. The predicted molar refractivity (Wildman–Crippen MR) is 133 cm³/mol. The Kier molecular flexibility index (Phi) is 4.88. The van der Waals surface area contributed by atoms with Gasteiger partial charge in [0.2, 0.25) is 5.91 Å². The van der Waals surface area contributed by atoms with Crippen LogP contribution in [0.25, 0.3) is 11.1 Å². The van der Waals surface area contributed by atoms with Crippen LogP contribution in [0.1, 0.15) is 48.8 Å². The summed E-state index contributed by atoms with van der Waals surface area (Å²) in [6, 6.07) is 15.1. The Hall–Kier alpha value is -2.99. The number of amidine groups is 1. The highest BCUT2D eigenvalue weighted by atomic mass is 16.5. The van der Waals surface area contributed by atoms with Crippen LogP contribution >= 0.6 is 0 Å². The smallest absolute Gasteiger partial charge is 0.256 e. The summed E-state index contributed by atoms with van der Waals surface area (Å²) in [5.74, 6) is 1.86. The van der Waals surface area contributed by atoms with E-state index in [0.29, 0.717) is 25.0 Å². The zero-order valence-corrected chi connectivity index (χ0v) is 20.0. The summed E-state index contributed by atoms with van der Waals surface area (Å²) in [5.41, 5.74) is 5.52. The summed E-state index contributed by atoms with van der Waals surface area (Å²) in [4.78, 5) is 34.7. The molecule has 2 aliphatic carbocycles. The van der Waals surface area contributed by atoms with Crippen molar-refractivity contribution in [2.24, 2.45) is 16.8 Å². The molecule has 6 nitrogen and oxygen atoms in total. The van der Waals surface area contributed by atoms with E-state index in [1.54, 1.807) is 0 Å². The number of hydrogen-bond donors (Lipinski definition) is 0. The van der Waals surface area contributed by atoms with Gasteiger partial charge in [-0.3, -0.25) is 19.5 Å². The Morgan fingerprint density at radius 3 is 2.54 bits per heavy atom. The molecule has 3 aliphatic heterocycles. The first-order valence-electron chi connectivity index (χ1n) is 13.1. The zero-order valence-electron chi connectivity index (χ0n) is 20.0. The summed E-state index contributed by atoms with van der Waals surface area (Å²) in [5, 5.41) is 0. The molecule has 1 spiro atoms. The van der Waals surface area contributed by atoms with Crippen LogP contribution in [0.3, 0.4) is 0 Å². The third-order valence-corrected chi connectivity index (χ3v) is 8.36. The molecule has 0 radical (unpaired) electrons. The average Bonchev–Trinajstić information content (AvgIpc) is 3.82. The molecule has 2 saturated carbocycles. The van der Waals surface area contributed by atoms with Gasteiger partial charge in [0.05, 0.1) is 13.2 Å². The lowest BCUT2D eigenvalue weighted by Crippen LogP contribution is -2.40. The predicted octanol–water partition coefficient (Wildman–Crippen LogP) is 3.81. The van der Waals surface area contributed by atoms with Crippen molar-refractivity contribution >= 4 is 17.6 Å². The lowest BCUT2D eigenvalue weighted by atomic mass is 9.96. The monoisotopic (exact) mass is 469 g/mol. The van der Waals surface area contributed by atoms with E-state index in [2.05, 4.69) is 42.5 Å². The maximum Gasteiger partial charge on any atom is 0.256 e. The lowest BCUT2D eigenvalue weighted by molar-refractivity contribution is -0.131. The van der Waals surface area contributed by atoms with Crippen molar-refractivity contribution in [3.8, 4) is 11.1 Å². The molecular formula is C29H31N3O3. The Labute approximate surface area is 206 Å². The number of nitrogens with zero attached hydrogens (tertiary/aromatic N) is 3. The normalized spacial score (nSPS) is 24.6. The maximum absolute atomic E-state index is 13.3. The van der Waals surface area contributed by atoms with Crippen molar-refractivity contribution in [3.63, 3.8) is 0 Å². The molecular weight excluding hydrogens is 438 g/mol. The summed E-state index contributed by atoms with van der Waals surface area (Å²) in [6.45, 7) is 3.73. The van der Waals surface area contributed by atoms with Gasteiger partial charge in [-0.15, -0.1) is 0 Å². The molecule has 0 bridgehead atoms. The standard InChI is InChI=1S/C29H31N3O3/c33-27(22-5-6-22)31-13-9-19(16-31)17-32-26(30-29(11-12-29)28(32)34)21-3-1-20(2-4-21)23-7-8-25-18-35-14-10-24(25)15-23/h1-4,7-8,15,19,22H,5-6,9-14,16-18H2/t19-/m1/s1. The molecule has 3 heterocycles. The van der Waals surface area contributed by atoms with Crippen LogP contribution in [0.4, 0.5) is 0 Å². The summed E-state index contributed by atoms with van der Waals surface area (Å²) in [6.07, 6.45) is 5.70. The molecule has 35 heavy (non-hydrogen) atoms. The van der Waals surface area contributed by atoms with Crippen molar-refractivity contribution in [1.29, 1.82) is 0 Å². The molecule has 1 atom stereocenters. The van der Waals surface area contributed by atoms with E-state index < -0.39 is 5.54 Å². The summed E-state index contributed by atoms with van der Waals surface area (Å²) in [7, 11) is 0. The van der Waals surface area contributed by atoms with Crippen LogP contribution in [0.2, 0.25) is 0 Å². The van der Waals surface area contributed by atoms with Gasteiger partial charge in [-0.1, -0.05) is 42.5 Å². The van der Waals surface area contributed by atoms with E-state index in [0.717, 1.165) is 69.6 Å². The Morgan fingerprint density at radius 2 is 1.77 bits per heavy atom.